The zero-order chi connectivity index (χ0) is 18.3. The second-order valence-corrected chi connectivity index (χ2v) is 7.12. The number of hydrogen-bond donors (Lipinski definition) is 1. The number of non-ortho nitro benzene ring substituents is 1. The molecule has 7 nitrogen and oxygen atoms in total. The van der Waals surface area contributed by atoms with E-state index in [0.717, 1.165) is 25.3 Å². The highest BCUT2D eigenvalue weighted by Gasteiger charge is 2.17. The summed E-state index contributed by atoms with van der Waals surface area (Å²) in [7, 11) is -3.90. The fourth-order valence-electron chi connectivity index (χ4n) is 2.14. The van der Waals surface area contributed by atoms with E-state index >= 15 is 0 Å². The van der Waals surface area contributed by atoms with Crippen LogP contribution in [0.5, 0.6) is 5.75 Å². The number of anilines is 1. The van der Waals surface area contributed by atoms with Gasteiger partial charge < -0.3 is 4.74 Å². The van der Waals surface area contributed by atoms with Gasteiger partial charge >= 0.3 is 0 Å². The summed E-state index contributed by atoms with van der Waals surface area (Å²) < 4.78 is 32.6. The van der Waals surface area contributed by atoms with E-state index in [4.69, 9.17) is 4.74 Å². The van der Waals surface area contributed by atoms with Crippen LogP contribution in [0.25, 0.3) is 0 Å². The van der Waals surface area contributed by atoms with Gasteiger partial charge in [0.15, 0.2) is 0 Å². The van der Waals surface area contributed by atoms with Gasteiger partial charge in [0.05, 0.1) is 16.4 Å². The number of sulfonamides is 1. The number of nitrogens with one attached hydrogen (secondary N) is 1. The topological polar surface area (TPSA) is 98.5 Å². The van der Waals surface area contributed by atoms with Gasteiger partial charge in [-0.3, -0.25) is 14.8 Å². The van der Waals surface area contributed by atoms with Crippen LogP contribution in [0.15, 0.2) is 53.4 Å². The molecule has 0 aliphatic heterocycles. The minimum atomic E-state index is -3.90. The number of nitrogens with zero attached hydrogens (tertiary/aromatic N) is 1. The molecule has 0 atom stereocenters. The van der Waals surface area contributed by atoms with Gasteiger partial charge in [-0.05, 0) is 36.8 Å². The molecular formula is C17H20N2O5S. The van der Waals surface area contributed by atoms with Crippen molar-refractivity contribution in [3.63, 3.8) is 0 Å². The van der Waals surface area contributed by atoms with Crippen molar-refractivity contribution >= 4 is 21.4 Å². The van der Waals surface area contributed by atoms with Crippen LogP contribution in [-0.2, 0) is 10.0 Å². The number of unbranched alkanes of at least 4 members (excludes halogenated alkanes) is 2. The Hall–Kier alpha value is -2.61. The quantitative estimate of drug-likeness (QED) is 0.412. The fraction of sp³-hybridized carbons (Fsp3) is 0.294. The zero-order valence-electron chi connectivity index (χ0n) is 13.8. The molecule has 0 amide bonds. The largest absolute Gasteiger partial charge is 0.494 e. The number of ether oxygens (including phenoxy) is 1. The van der Waals surface area contributed by atoms with Crippen LogP contribution < -0.4 is 9.46 Å². The van der Waals surface area contributed by atoms with Gasteiger partial charge in [-0.1, -0.05) is 25.8 Å². The van der Waals surface area contributed by atoms with E-state index in [1.54, 1.807) is 24.3 Å². The Morgan fingerprint density at radius 3 is 2.48 bits per heavy atom. The van der Waals surface area contributed by atoms with Crippen molar-refractivity contribution in [1.82, 2.24) is 0 Å². The maximum Gasteiger partial charge on any atom is 0.270 e. The molecule has 0 saturated carbocycles. The summed E-state index contributed by atoms with van der Waals surface area (Å²) in [6.07, 6.45) is 3.18. The molecule has 25 heavy (non-hydrogen) atoms. The van der Waals surface area contributed by atoms with Gasteiger partial charge in [-0.2, -0.15) is 0 Å². The molecule has 0 aliphatic carbocycles. The molecule has 2 aromatic rings. The third-order valence-corrected chi connectivity index (χ3v) is 4.84. The van der Waals surface area contributed by atoms with Crippen molar-refractivity contribution in [2.24, 2.45) is 0 Å². The van der Waals surface area contributed by atoms with Crippen molar-refractivity contribution in [2.45, 2.75) is 31.1 Å². The predicted octanol–water partition coefficient (Wildman–Crippen LogP) is 3.96. The molecule has 0 bridgehead atoms. The minimum absolute atomic E-state index is 0.165. The number of rotatable bonds is 9. The number of nitro benzene ring substituents is 1. The van der Waals surface area contributed by atoms with Gasteiger partial charge in [-0.15, -0.1) is 0 Å². The monoisotopic (exact) mass is 364 g/mol. The molecule has 8 heteroatoms. The summed E-state index contributed by atoms with van der Waals surface area (Å²) in [5.41, 5.74) is 0.0751. The first kappa shape index (κ1) is 18.7. The van der Waals surface area contributed by atoms with Crippen molar-refractivity contribution in [1.29, 1.82) is 0 Å². The lowest BCUT2D eigenvalue weighted by atomic mass is 10.2. The summed E-state index contributed by atoms with van der Waals surface area (Å²) in [5.74, 6) is 0.661. The van der Waals surface area contributed by atoms with Crippen molar-refractivity contribution in [2.75, 3.05) is 11.3 Å². The third-order valence-electron chi connectivity index (χ3n) is 3.46. The van der Waals surface area contributed by atoms with E-state index in [-0.39, 0.29) is 10.6 Å². The van der Waals surface area contributed by atoms with E-state index in [1.807, 2.05) is 0 Å². The van der Waals surface area contributed by atoms with Crippen LogP contribution >= 0.6 is 0 Å². The Morgan fingerprint density at radius 1 is 1.12 bits per heavy atom. The van der Waals surface area contributed by atoms with Gasteiger partial charge in [0.1, 0.15) is 5.75 Å². The number of benzene rings is 2. The summed E-state index contributed by atoms with van der Waals surface area (Å²) in [4.78, 5) is 9.98. The van der Waals surface area contributed by atoms with E-state index < -0.39 is 14.9 Å². The minimum Gasteiger partial charge on any atom is -0.494 e. The van der Waals surface area contributed by atoms with E-state index in [1.165, 1.54) is 18.2 Å². The van der Waals surface area contributed by atoms with Crippen LogP contribution in [0.3, 0.4) is 0 Å². The second-order valence-electron chi connectivity index (χ2n) is 5.44. The SMILES string of the molecule is CCCCCOc1ccc(NS(=O)(=O)c2cccc([N+](=O)[O-])c2)cc1. The molecule has 0 spiro atoms. The molecule has 2 aromatic carbocycles. The van der Waals surface area contributed by atoms with Gasteiger partial charge in [0, 0.05) is 17.8 Å². The predicted molar refractivity (Wildman–Crippen MR) is 95.4 cm³/mol. The van der Waals surface area contributed by atoms with Crippen molar-refractivity contribution in [3.05, 3.63) is 58.6 Å². The lowest BCUT2D eigenvalue weighted by Crippen LogP contribution is -2.13. The first-order valence-corrected chi connectivity index (χ1v) is 9.41. The number of nitro groups is 1. The van der Waals surface area contributed by atoms with E-state index in [2.05, 4.69) is 11.6 Å². The molecule has 1 N–H and O–H groups in total. The Kier molecular flexibility index (Phi) is 6.35. The lowest BCUT2D eigenvalue weighted by molar-refractivity contribution is -0.385. The molecule has 0 heterocycles. The fourth-order valence-corrected chi connectivity index (χ4v) is 3.24. The molecule has 0 unspecified atom stereocenters. The molecule has 134 valence electrons. The van der Waals surface area contributed by atoms with Crippen LogP contribution in [-0.4, -0.2) is 19.9 Å². The van der Waals surface area contributed by atoms with Gasteiger partial charge in [0.25, 0.3) is 15.7 Å². The molecule has 0 aliphatic rings. The lowest BCUT2D eigenvalue weighted by Gasteiger charge is -2.10. The van der Waals surface area contributed by atoms with Crippen LogP contribution in [0.2, 0.25) is 0 Å². The third kappa shape index (κ3) is 5.46. The van der Waals surface area contributed by atoms with Crippen molar-refractivity contribution < 1.29 is 18.1 Å². The molecule has 2 rings (SSSR count). The average Bonchev–Trinajstić information content (AvgIpc) is 2.60. The van der Waals surface area contributed by atoms with Gasteiger partial charge in [0.2, 0.25) is 0 Å². The molecular weight excluding hydrogens is 344 g/mol. The number of hydrogen-bond acceptors (Lipinski definition) is 5. The Balaban J connectivity index is 2.05. The summed E-state index contributed by atoms with van der Waals surface area (Å²) in [6.45, 7) is 2.73. The Morgan fingerprint density at radius 2 is 1.84 bits per heavy atom. The Labute approximate surface area is 146 Å². The highest BCUT2D eigenvalue weighted by Crippen LogP contribution is 2.22. The summed E-state index contributed by atoms with van der Waals surface area (Å²) >= 11 is 0. The summed E-state index contributed by atoms with van der Waals surface area (Å²) in [5, 5.41) is 10.8. The standard InChI is InChI=1S/C17H20N2O5S/c1-2-3-4-12-24-16-10-8-14(9-11-16)18-25(22,23)17-7-5-6-15(13-17)19(20)21/h5-11,13,18H,2-4,12H2,1H3. The Bertz CT molecular complexity index is 819. The second kappa shape index (κ2) is 8.48. The van der Waals surface area contributed by atoms with Crippen LogP contribution in [0, 0.1) is 10.1 Å². The molecule has 0 radical (unpaired) electrons. The smallest absolute Gasteiger partial charge is 0.270 e. The first-order valence-electron chi connectivity index (χ1n) is 7.92. The molecule has 0 aromatic heterocycles. The highest BCUT2D eigenvalue weighted by molar-refractivity contribution is 7.92. The molecule has 0 fully saturated rings. The summed E-state index contributed by atoms with van der Waals surface area (Å²) in [6, 6.07) is 11.4. The maximum atomic E-state index is 12.3. The van der Waals surface area contributed by atoms with E-state index in [0.29, 0.717) is 18.0 Å². The van der Waals surface area contributed by atoms with Crippen LogP contribution in [0.4, 0.5) is 11.4 Å². The van der Waals surface area contributed by atoms with E-state index in [9.17, 15) is 18.5 Å². The average molecular weight is 364 g/mol. The van der Waals surface area contributed by atoms with Gasteiger partial charge in [-0.25, -0.2) is 8.42 Å². The normalized spacial score (nSPS) is 11.1. The first-order chi connectivity index (χ1) is 11.9. The van der Waals surface area contributed by atoms with Crippen LogP contribution in [0.1, 0.15) is 26.2 Å². The highest BCUT2D eigenvalue weighted by atomic mass is 32.2. The zero-order valence-corrected chi connectivity index (χ0v) is 14.7. The molecule has 0 saturated heterocycles. The van der Waals surface area contributed by atoms with Crippen molar-refractivity contribution in [3.8, 4) is 5.75 Å². The maximum absolute atomic E-state index is 12.3.